The molecule has 3 rings (SSSR count). The summed E-state index contributed by atoms with van der Waals surface area (Å²) >= 11 is 1.36. The van der Waals surface area contributed by atoms with Crippen molar-refractivity contribution in [2.24, 2.45) is 0 Å². The molecule has 1 aromatic carbocycles. The van der Waals surface area contributed by atoms with Crippen molar-refractivity contribution in [2.45, 2.75) is 27.7 Å². The fourth-order valence-corrected chi connectivity index (χ4v) is 3.77. The van der Waals surface area contributed by atoms with Gasteiger partial charge in [-0.3, -0.25) is 4.79 Å². The van der Waals surface area contributed by atoms with Crippen molar-refractivity contribution in [2.75, 3.05) is 11.9 Å². The first-order valence-corrected chi connectivity index (χ1v) is 8.57. The number of aryl methyl sites for hydroxylation is 3. The average molecular weight is 341 g/mol. The lowest BCUT2D eigenvalue weighted by Crippen LogP contribution is -2.11. The lowest BCUT2D eigenvalue weighted by molar-refractivity contribution is 0.103. The predicted molar refractivity (Wildman–Crippen MR) is 97.2 cm³/mol. The van der Waals surface area contributed by atoms with Crippen LogP contribution in [0.4, 0.5) is 5.69 Å². The molecule has 1 amide bonds. The molecule has 0 atom stereocenters. The largest absolute Gasteiger partial charge is 0.477 e. The number of thiophene rings is 1. The molecule has 3 aromatic rings. The van der Waals surface area contributed by atoms with E-state index in [2.05, 4.69) is 21.4 Å². The Kier molecular flexibility index (Phi) is 4.49. The molecule has 0 bridgehead atoms. The first kappa shape index (κ1) is 16.4. The van der Waals surface area contributed by atoms with Crippen LogP contribution < -0.4 is 10.1 Å². The second-order valence-corrected chi connectivity index (χ2v) is 6.68. The third-order valence-electron chi connectivity index (χ3n) is 3.66. The van der Waals surface area contributed by atoms with Crippen molar-refractivity contribution in [3.05, 3.63) is 46.1 Å². The summed E-state index contributed by atoms with van der Waals surface area (Å²) in [4.78, 5) is 22.5. The third kappa shape index (κ3) is 3.10. The van der Waals surface area contributed by atoms with Gasteiger partial charge in [0.25, 0.3) is 5.91 Å². The molecule has 0 unspecified atom stereocenters. The maximum atomic E-state index is 12.7. The number of carbonyl (C=O) groups excluding carboxylic acids is 1. The molecule has 0 aliphatic carbocycles. The maximum Gasteiger partial charge on any atom is 0.266 e. The van der Waals surface area contributed by atoms with Crippen LogP contribution in [0.1, 0.15) is 33.3 Å². The number of rotatable bonds is 4. The summed E-state index contributed by atoms with van der Waals surface area (Å²) in [7, 11) is 0. The van der Waals surface area contributed by atoms with E-state index in [-0.39, 0.29) is 5.91 Å². The Labute approximate surface area is 144 Å². The molecule has 0 saturated heterocycles. The van der Waals surface area contributed by atoms with E-state index in [0.717, 1.165) is 32.6 Å². The van der Waals surface area contributed by atoms with Gasteiger partial charge in [-0.2, -0.15) is 0 Å². The molecule has 0 radical (unpaired) electrons. The molecule has 0 fully saturated rings. The molecule has 124 valence electrons. The smallest absolute Gasteiger partial charge is 0.266 e. The number of benzene rings is 1. The van der Waals surface area contributed by atoms with Gasteiger partial charge in [0.1, 0.15) is 11.2 Å². The number of aromatic nitrogens is 2. The number of ether oxygens (including phenoxy) is 1. The van der Waals surface area contributed by atoms with E-state index in [9.17, 15) is 4.79 Å². The van der Waals surface area contributed by atoms with E-state index in [1.54, 1.807) is 0 Å². The molecule has 1 N–H and O–H groups in total. The van der Waals surface area contributed by atoms with Crippen LogP contribution in [-0.2, 0) is 0 Å². The van der Waals surface area contributed by atoms with Gasteiger partial charge in [-0.1, -0.05) is 6.07 Å². The highest BCUT2D eigenvalue weighted by atomic mass is 32.1. The molecular formula is C18H19N3O2S. The quantitative estimate of drug-likeness (QED) is 0.770. The Balaban J connectivity index is 1.98. The summed E-state index contributed by atoms with van der Waals surface area (Å²) in [5.74, 6) is 0.393. The Morgan fingerprint density at radius 1 is 1.17 bits per heavy atom. The van der Waals surface area contributed by atoms with Gasteiger partial charge in [0.2, 0.25) is 5.88 Å². The average Bonchev–Trinajstić information content (AvgIpc) is 2.85. The van der Waals surface area contributed by atoms with E-state index in [4.69, 9.17) is 4.74 Å². The summed E-state index contributed by atoms with van der Waals surface area (Å²) in [6, 6.07) is 5.99. The van der Waals surface area contributed by atoms with Gasteiger partial charge >= 0.3 is 0 Å². The minimum atomic E-state index is -0.136. The van der Waals surface area contributed by atoms with Crippen LogP contribution in [0, 0.1) is 20.8 Å². The van der Waals surface area contributed by atoms with Crippen molar-refractivity contribution in [3.8, 4) is 5.88 Å². The van der Waals surface area contributed by atoms with E-state index < -0.39 is 0 Å². The summed E-state index contributed by atoms with van der Waals surface area (Å²) in [5, 5.41) is 3.79. The molecule has 24 heavy (non-hydrogen) atoms. The second kappa shape index (κ2) is 6.57. The van der Waals surface area contributed by atoms with Crippen molar-refractivity contribution in [1.82, 2.24) is 9.97 Å². The number of nitrogens with zero attached hydrogens (tertiary/aromatic N) is 2. The van der Waals surface area contributed by atoms with Crippen LogP contribution in [0.2, 0.25) is 0 Å². The highest BCUT2D eigenvalue weighted by Gasteiger charge is 2.20. The van der Waals surface area contributed by atoms with Crippen LogP contribution >= 0.6 is 11.3 Å². The lowest BCUT2D eigenvalue weighted by atomic mass is 10.1. The Bertz CT molecular complexity index is 898. The second-order valence-electron chi connectivity index (χ2n) is 5.68. The van der Waals surface area contributed by atoms with Crippen LogP contribution in [0.5, 0.6) is 5.88 Å². The Morgan fingerprint density at radius 3 is 2.54 bits per heavy atom. The maximum absolute atomic E-state index is 12.7. The monoisotopic (exact) mass is 341 g/mol. The van der Waals surface area contributed by atoms with Crippen LogP contribution in [0.25, 0.3) is 10.2 Å². The highest BCUT2D eigenvalue weighted by Crippen LogP contribution is 2.34. The molecule has 0 aliphatic heterocycles. The van der Waals surface area contributed by atoms with Gasteiger partial charge in [0, 0.05) is 5.69 Å². The lowest BCUT2D eigenvalue weighted by Gasteiger charge is -2.07. The van der Waals surface area contributed by atoms with Crippen molar-refractivity contribution in [3.63, 3.8) is 0 Å². The topological polar surface area (TPSA) is 64.1 Å². The number of fused-ring (bicyclic) bond motifs is 1. The molecule has 2 aromatic heterocycles. The number of hydrogen-bond donors (Lipinski definition) is 1. The van der Waals surface area contributed by atoms with Gasteiger partial charge in [-0.25, -0.2) is 9.97 Å². The zero-order valence-electron chi connectivity index (χ0n) is 14.1. The summed E-state index contributed by atoms with van der Waals surface area (Å²) in [6.07, 6.45) is 1.47. The summed E-state index contributed by atoms with van der Waals surface area (Å²) in [5.41, 5.74) is 3.87. The SMILES string of the molecule is CCOc1ncnc2sc(C(=O)Nc3cc(C)cc(C)c3)c(C)c12. The molecule has 6 heteroatoms. The van der Waals surface area contributed by atoms with Gasteiger partial charge < -0.3 is 10.1 Å². The first-order chi connectivity index (χ1) is 11.5. The van der Waals surface area contributed by atoms with Gasteiger partial charge in [-0.15, -0.1) is 11.3 Å². The van der Waals surface area contributed by atoms with Crippen LogP contribution in [-0.4, -0.2) is 22.5 Å². The minimum Gasteiger partial charge on any atom is -0.477 e. The zero-order valence-corrected chi connectivity index (χ0v) is 15.0. The number of nitrogens with one attached hydrogen (secondary N) is 1. The Hall–Kier alpha value is -2.47. The number of hydrogen-bond acceptors (Lipinski definition) is 5. The summed E-state index contributed by atoms with van der Waals surface area (Å²) < 4.78 is 5.57. The predicted octanol–water partition coefficient (Wildman–Crippen LogP) is 4.27. The molecule has 0 spiro atoms. The molecule has 0 aliphatic rings. The van der Waals surface area contributed by atoms with E-state index in [0.29, 0.717) is 17.4 Å². The van der Waals surface area contributed by atoms with Crippen molar-refractivity contribution in [1.29, 1.82) is 0 Å². The molecular weight excluding hydrogens is 322 g/mol. The number of amides is 1. The van der Waals surface area contributed by atoms with Crippen molar-refractivity contribution >= 4 is 33.1 Å². The number of anilines is 1. The highest BCUT2D eigenvalue weighted by molar-refractivity contribution is 7.20. The molecule has 2 heterocycles. The van der Waals surface area contributed by atoms with Gasteiger partial charge in [0.05, 0.1) is 16.9 Å². The molecule has 5 nitrogen and oxygen atoms in total. The normalized spacial score (nSPS) is 10.8. The third-order valence-corrected chi connectivity index (χ3v) is 4.86. The fourth-order valence-electron chi connectivity index (χ4n) is 2.74. The van der Waals surface area contributed by atoms with Gasteiger partial charge in [0.15, 0.2) is 0 Å². The van der Waals surface area contributed by atoms with E-state index in [1.807, 2.05) is 39.8 Å². The van der Waals surface area contributed by atoms with Crippen LogP contribution in [0.15, 0.2) is 24.5 Å². The minimum absolute atomic E-state index is 0.136. The Morgan fingerprint density at radius 2 is 1.88 bits per heavy atom. The fraction of sp³-hybridized carbons (Fsp3) is 0.278. The van der Waals surface area contributed by atoms with E-state index in [1.165, 1.54) is 17.7 Å². The first-order valence-electron chi connectivity index (χ1n) is 7.76. The zero-order chi connectivity index (χ0) is 17.3. The summed E-state index contributed by atoms with van der Waals surface area (Å²) in [6.45, 7) is 8.35. The van der Waals surface area contributed by atoms with E-state index >= 15 is 0 Å². The van der Waals surface area contributed by atoms with Gasteiger partial charge in [-0.05, 0) is 56.5 Å². The van der Waals surface area contributed by atoms with Crippen LogP contribution in [0.3, 0.4) is 0 Å². The number of carbonyl (C=O) groups is 1. The molecule has 0 saturated carbocycles. The standard InChI is InChI=1S/C18H19N3O2S/c1-5-23-17-14-12(4)15(24-18(14)20-9-19-17)16(22)21-13-7-10(2)6-11(3)8-13/h6-9H,5H2,1-4H3,(H,21,22). The van der Waals surface area contributed by atoms with Crippen molar-refractivity contribution < 1.29 is 9.53 Å².